The summed E-state index contributed by atoms with van der Waals surface area (Å²) in [5.41, 5.74) is 0. The van der Waals surface area contributed by atoms with Gasteiger partial charge in [0.2, 0.25) is 5.91 Å². The van der Waals surface area contributed by atoms with Crippen LogP contribution in [0.25, 0.3) is 0 Å². The number of carbonyl (C=O) groups excluding carboxylic acids is 1. The second-order valence-electron chi connectivity index (χ2n) is 4.21. The van der Waals surface area contributed by atoms with Crippen molar-refractivity contribution >= 4 is 30.7 Å². The summed E-state index contributed by atoms with van der Waals surface area (Å²) in [6.07, 6.45) is 2.21. The first-order chi connectivity index (χ1) is 6.79. The van der Waals surface area contributed by atoms with Gasteiger partial charge in [-0.25, -0.2) is 0 Å². The Morgan fingerprint density at radius 3 is 2.31 bits per heavy atom. The van der Waals surface area contributed by atoms with Gasteiger partial charge in [-0.15, -0.1) is 24.8 Å². The van der Waals surface area contributed by atoms with E-state index in [0.29, 0.717) is 5.91 Å². The zero-order valence-corrected chi connectivity index (χ0v) is 11.3. The Morgan fingerprint density at radius 2 is 1.81 bits per heavy atom. The highest BCUT2D eigenvalue weighted by atomic mass is 35.5. The van der Waals surface area contributed by atoms with Crippen molar-refractivity contribution in [1.82, 2.24) is 15.1 Å². The summed E-state index contributed by atoms with van der Waals surface area (Å²) in [6.45, 7) is 4.72. The molecule has 16 heavy (non-hydrogen) atoms. The number of nitrogens with zero attached hydrogens (tertiary/aromatic N) is 2. The average molecular weight is 270 g/mol. The lowest BCUT2D eigenvalue weighted by Gasteiger charge is -2.31. The van der Waals surface area contributed by atoms with Crippen LogP contribution in [0, 0.1) is 0 Å². The van der Waals surface area contributed by atoms with E-state index in [4.69, 9.17) is 0 Å². The molecule has 1 amide bonds. The first kappa shape index (κ1) is 16.0. The van der Waals surface area contributed by atoms with Crippen LogP contribution in [0.4, 0.5) is 0 Å². The molecule has 0 spiro atoms. The Bertz CT molecular complexity index is 222. The van der Waals surface area contributed by atoms with Crippen LogP contribution in [0.1, 0.15) is 12.8 Å². The van der Waals surface area contributed by atoms with Crippen LogP contribution in [0.2, 0.25) is 0 Å². The van der Waals surface area contributed by atoms with Gasteiger partial charge < -0.3 is 10.2 Å². The summed E-state index contributed by atoms with van der Waals surface area (Å²) < 4.78 is 0. The van der Waals surface area contributed by atoms with Crippen molar-refractivity contribution in [3.8, 4) is 0 Å². The quantitative estimate of drug-likeness (QED) is 0.747. The summed E-state index contributed by atoms with van der Waals surface area (Å²) in [5, 5.41) is 3.26. The van der Waals surface area contributed by atoms with E-state index in [1.807, 2.05) is 4.90 Å². The predicted octanol–water partition coefficient (Wildman–Crippen LogP) is 0.356. The molecule has 4 nitrogen and oxygen atoms in total. The molecule has 2 aliphatic heterocycles. The van der Waals surface area contributed by atoms with Crippen molar-refractivity contribution in [3.05, 3.63) is 0 Å². The first-order valence-corrected chi connectivity index (χ1v) is 5.49. The second kappa shape index (κ2) is 7.33. The molecule has 2 rings (SSSR count). The molecule has 2 heterocycles. The zero-order chi connectivity index (χ0) is 9.97. The highest BCUT2D eigenvalue weighted by molar-refractivity contribution is 5.85. The van der Waals surface area contributed by atoms with Crippen molar-refractivity contribution in [1.29, 1.82) is 0 Å². The first-order valence-electron chi connectivity index (χ1n) is 5.49. The monoisotopic (exact) mass is 269 g/mol. The molecule has 0 aliphatic carbocycles. The van der Waals surface area contributed by atoms with Crippen LogP contribution < -0.4 is 5.32 Å². The molecule has 1 atom stereocenters. The number of likely N-dealkylation sites (N-methyl/N-ethyl adjacent to an activating group) is 1. The zero-order valence-electron chi connectivity index (χ0n) is 9.65. The number of carbonyl (C=O) groups is 1. The fourth-order valence-electron chi connectivity index (χ4n) is 2.32. The van der Waals surface area contributed by atoms with Crippen molar-refractivity contribution < 1.29 is 4.79 Å². The van der Waals surface area contributed by atoms with Gasteiger partial charge in [-0.05, 0) is 26.4 Å². The van der Waals surface area contributed by atoms with Gasteiger partial charge in [-0.3, -0.25) is 9.69 Å². The number of amides is 1. The number of likely N-dealkylation sites (tertiary alicyclic amines) is 1. The molecule has 6 heteroatoms. The number of halogens is 2. The molecular formula is C10H21Cl2N3O. The number of hydrogen-bond acceptors (Lipinski definition) is 3. The van der Waals surface area contributed by atoms with Gasteiger partial charge in [-0.2, -0.15) is 0 Å². The van der Waals surface area contributed by atoms with Gasteiger partial charge >= 0.3 is 0 Å². The van der Waals surface area contributed by atoms with Crippen molar-refractivity contribution in [2.75, 3.05) is 39.8 Å². The van der Waals surface area contributed by atoms with Crippen molar-refractivity contribution in [2.24, 2.45) is 0 Å². The molecule has 0 bridgehead atoms. The van der Waals surface area contributed by atoms with E-state index in [2.05, 4.69) is 17.3 Å². The van der Waals surface area contributed by atoms with E-state index in [1.54, 1.807) is 0 Å². The maximum Gasteiger partial charge on any atom is 0.240 e. The van der Waals surface area contributed by atoms with Gasteiger partial charge in [0.1, 0.15) is 0 Å². The Labute approximate surface area is 110 Å². The molecule has 0 saturated carbocycles. The molecule has 1 unspecified atom stereocenters. The van der Waals surface area contributed by atoms with E-state index in [9.17, 15) is 4.79 Å². The van der Waals surface area contributed by atoms with Crippen LogP contribution >= 0.6 is 24.8 Å². The third kappa shape index (κ3) is 3.48. The van der Waals surface area contributed by atoms with Gasteiger partial charge in [0.05, 0.1) is 6.04 Å². The van der Waals surface area contributed by atoms with E-state index in [1.165, 1.54) is 6.42 Å². The van der Waals surface area contributed by atoms with E-state index in [-0.39, 0.29) is 30.9 Å². The minimum atomic E-state index is 0. The van der Waals surface area contributed by atoms with Gasteiger partial charge in [0.15, 0.2) is 0 Å². The topological polar surface area (TPSA) is 35.6 Å². The third-order valence-electron chi connectivity index (χ3n) is 3.23. The standard InChI is InChI=1S/C10H19N3O.2ClH/c1-12-6-2-3-9(12)10(14)13-7-4-11-5-8-13;;/h9,11H,2-8H2,1H3;2*1H. The highest BCUT2D eigenvalue weighted by Crippen LogP contribution is 2.17. The molecule has 0 aromatic heterocycles. The molecule has 1 N–H and O–H groups in total. The largest absolute Gasteiger partial charge is 0.339 e. The smallest absolute Gasteiger partial charge is 0.240 e. The Kier molecular flexibility index (Phi) is 7.31. The lowest BCUT2D eigenvalue weighted by Crippen LogP contribution is -2.51. The number of piperazine rings is 1. The Hall–Kier alpha value is -0.0300. The maximum atomic E-state index is 12.1. The number of rotatable bonds is 1. The normalized spacial score (nSPS) is 25.8. The average Bonchev–Trinajstić information content (AvgIpc) is 2.65. The summed E-state index contributed by atoms with van der Waals surface area (Å²) in [7, 11) is 2.05. The van der Waals surface area contributed by atoms with Crippen molar-refractivity contribution in [3.63, 3.8) is 0 Å². The molecule has 2 fully saturated rings. The van der Waals surface area contributed by atoms with Crippen LogP contribution in [0.5, 0.6) is 0 Å². The third-order valence-corrected chi connectivity index (χ3v) is 3.23. The molecular weight excluding hydrogens is 249 g/mol. The van der Waals surface area contributed by atoms with Gasteiger partial charge in [0.25, 0.3) is 0 Å². The summed E-state index contributed by atoms with van der Waals surface area (Å²) in [6, 6.07) is 0.160. The van der Waals surface area contributed by atoms with Crippen LogP contribution in [0.15, 0.2) is 0 Å². The SMILES string of the molecule is CN1CCCC1C(=O)N1CCNCC1.Cl.Cl. The molecule has 0 radical (unpaired) electrons. The summed E-state index contributed by atoms with van der Waals surface area (Å²) in [5.74, 6) is 0.339. The van der Waals surface area contributed by atoms with Crippen LogP contribution in [-0.4, -0.2) is 61.5 Å². The highest BCUT2D eigenvalue weighted by Gasteiger charge is 2.31. The Balaban J connectivity index is 0.00000112. The minimum Gasteiger partial charge on any atom is -0.339 e. The predicted molar refractivity (Wildman–Crippen MR) is 69.6 cm³/mol. The number of nitrogens with one attached hydrogen (secondary N) is 1. The summed E-state index contributed by atoms with van der Waals surface area (Å²) >= 11 is 0. The Morgan fingerprint density at radius 1 is 1.19 bits per heavy atom. The second-order valence-corrected chi connectivity index (χ2v) is 4.21. The molecule has 2 saturated heterocycles. The molecule has 2 aliphatic rings. The van der Waals surface area contributed by atoms with Crippen LogP contribution in [-0.2, 0) is 4.79 Å². The fourth-order valence-corrected chi connectivity index (χ4v) is 2.32. The van der Waals surface area contributed by atoms with Crippen LogP contribution in [0.3, 0.4) is 0 Å². The maximum absolute atomic E-state index is 12.1. The summed E-state index contributed by atoms with van der Waals surface area (Å²) in [4.78, 5) is 16.3. The molecule has 0 aromatic rings. The lowest BCUT2D eigenvalue weighted by atomic mass is 10.2. The molecule has 96 valence electrons. The van der Waals surface area contributed by atoms with E-state index >= 15 is 0 Å². The van der Waals surface area contributed by atoms with Gasteiger partial charge in [0, 0.05) is 26.2 Å². The van der Waals surface area contributed by atoms with E-state index in [0.717, 1.165) is 39.1 Å². The van der Waals surface area contributed by atoms with E-state index < -0.39 is 0 Å². The molecule has 0 aromatic carbocycles. The fraction of sp³-hybridized carbons (Fsp3) is 0.900. The van der Waals surface area contributed by atoms with Gasteiger partial charge in [-0.1, -0.05) is 0 Å². The van der Waals surface area contributed by atoms with Crippen molar-refractivity contribution in [2.45, 2.75) is 18.9 Å². The minimum absolute atomic E-state index is 0. The number of hydrogen-bond donors (Lipinski definition) is 1. The lowest BCUT2D eigenvalue weighted by molar-refractivity contribution is -0.136.